The summed E-state index contributed by atoms with van der Waals surface area (Å²) in [5.41, 5.74) is -0.0575. The van der Waals surface area contributed by atoms with E-state index in [0.29, 0.717) is 35.3 Å². The Kier molecular flexibility index (Phi) is 6.90. The molecule has 9 nitrogen and oxygen atoms in total. The minimum Gasteiger partial charge on any atom is -0.494 e. The van der Waals surface area contributed by atoms with Gasteiger partial charge in [-0.2, -0.15) is 0 Å². The second-order valence-electron chi connectivity index (χ2n) is 10.2. The van der Waals surface area contributed by atoms with E-state index in [-0.39, 0.29) is 37.4 Å². The highest BCUT2D eigenvalue weighted by Gasteiger charge is 2.71. The van der Waals surface area contributed by atoms with Crippen molar-refractivity contribution in [2.45, 2.75) is 24.7 Å². The summed E-state index contributed by atoms with van der Waals surface area (Å²) in [6.07, 6.45) is 6.60. The van der Waals surface area contributed by atoms with Crippen LogP contribution in [-0.2, 0) is 19.1 Å². The molecule has 5 atom stereocenters. The summed E-state index contributed by atoms with van der Waals surface area (Å²) in [5, 5.41) is 10.4. The lowest BCUT2D eigenvalue weighted by Crippen LogP contribution is -2.55. The Bertz CT molecular complexity index is 1380. The fourth-order valence-electron chi connectivity index (χ4n) is 6.46. The number of anilines is 2. The van der Waals surface area contributed by atoms with E-state index in [4.69, 9.17) is 21.1 Å². The summed E-state index contributed by atoms with van der Waals surface area (Å²) < 4.78 is 12.2. The van der Waals surface area contributed by atoms with E-state index in [0.717, 1.165) is 0 Å². The SMILES string of the molecule is CCOc1ccc(N2CC=C[C@H]3O[C@]45C=CCN(c6ccc(Cl)cc6)C(=O)C4N(CCO)C(=O)[C@@H]5[C@H]3C2=O)cc1. The Morgan fingerprint density at radius 2 is 1.60 bits per heavy atom. The van der Waals surface area contributed by atoms with Crippen LogP contribution in [0.25, 0.3) is 0 Å². The van der Waals surface area contributed by atoms with Crippen molar-refractivity contribution in [2.75, 3.05) is 42.6 Å². The molecule has 4 aliphatic rings. The van der Waals surface area contributed by atoms with Gasteiger partial charge in [0.1, 0.15) is 17.4 Å². The predicted octanol–water partition coefficient (Wildman–Crippen LogP) is 2.82. The smallest absolute Gasteiger partial charge is 0.253 e. The number of hydrogen-bond acceptors (Lipinski definition) is 6. The monoisotopic (exact) mass is 563 g/mol. The Balaban J connectivity index is 1.39. The Morgan fingerprint density at radius 1 is 0.950 bits per heavy atom. The molecule has 4 heterocycles. The summed E-state index contributed by atoms with van der Waals surface area (Å²) in [4.78, 5) is 47.0. The van der Waals surface area contributed by atoms with E-state index < -0.39 is 29.6 Å². The quantitative estimate of drug-likeness (QED) is 0.543. The van der Waals surface area contributed by atoms with Gasteiger partial charge in [0.05, 0.1) is 31.2 Å². The maximum atomic E-state index is 14.2. The third-order valence-electron chi connectivity index (χ3n) is 8.10. The molecule has 3 amide bonds. The summed E-state index contributed by atoms with van der Waals surface area (Å²) in [6.45, 7) is 2.63. The number of rotatable bonds is 6. The minimum absolute atomic E-state index is 0.0524. The first kappa shape index (κ1) is 26.6. The largest absolute Gasteiger partial charge is 0.494 e. The third kappa shape index (κ3) is 4.11. The van der Waals surface area contributed by atoms with Crippen molar-refractivity contribution in [1.82, 2.24) is 4.90 Å². The van der Waals surface area contributed by atoms with E-state index in [1.807, 2.05) is 49.4 Å². The molecule has 40 heavy (non-hydrogen) atoms. The van der Waals surface area contributed by atoms with Crippen molar-refractivity contribution >= 4 is 40.7 Å². The number of benzene rings is 2. The number of likely N-dealkylation sites (tertiary alicyclic amines) is 1. The molecule has 0 aromatic heterocycles. The topological polar surface area (TPSA) is 99.6 Å². The van der Waals surface area contributed by atoms with Crippen LogP contribution in [-0.4, -0.2) is 78.3 Å². The van der Waals surface area contributed by atoms with E-state index >= 15 is 0 Å². The van der Waals surface area contributed by atoms with Crippen LogP contribution in [0.4, 0.5) is 11.4 Å². The molecule has 0 saturated carbocycles. The van der Waals surface area contributed by atoms with Crippen LogP contribution in [0.5, 0.6) is 5.75 Å². The van der Waals surface area contributed by atoms with Gasteiger partial charge >= 0.3 is 0 Å². The van der Waals surface area contributed by atoms with Gasteiger partial charge in [-0.1, -0.05) is 35.9 Å². The number of nitrogens with zero attached hydrogens (tertiary/aromatic N) is 3. The normalized spacial score (nSPS) is 29.3. The molecule has 4 aliphatic heterocycles. The van der Waals surface area contributed by atoms with E-state index in [9.17, 15) is 19.5 Å². The maximum absolute atomic E-state index is 14.2. The van der Waals surface area contributed by atoms with Gasteiger partial charge < -0.3 is 29.3 Å². The Morgan fingerprint density at radius 3 is 2.27 bits per heavy atom. The van der Waals surface area contributed by atoms with Crippen molar-refractivity contribution < 1.29 is 29.0 Å². The molecule has 2 aromatic carbocycles. The summed E-state index contributed by atoms with van der Waals surface area (Å²) in [7, 11) is 0. The average molecular weight is 564 g/mol. The van der Waals surface area contributed by atoms with Crippen molar-refractivity contribution in [3.8, 4) is 5.75 Å². The number of carbonyl (C=O) groups excluding carboxylic acids is 3. The number of ether oxygens (including phenoxy) is 2. The first-order valence-corrected chi connectivity index (χ1v) is 13.8. The Labute approximate surface area is 237 Å². The molecule has 0 aliphatic carbocycles. The molecule has 2 aromatic rings. The minimum atomic E-state index is -1.36. The molecule has 1 spiro atoms. The molecule has 0 radical (unpaired) electrons. The first-order valence-electron chi connectivity index (χ1n) is 13.4. The van der Waals surface area contributed by atoms with E-state index in [2.05, 4.69) is 0 Å². The molecular formula is C30H30ClN3O6. The van der Waals surface area contributed by atoms with E-state index in [1.165, 1.54) is 4.90 Å². The van der Waals surface area contributed by atoms with Crippen LogP contribution in [0.15, 0.2) is 72.8 Å². The Hall–Kier alpha value is -3.66. The zero-order valence-corrected chi connectivity index (χ0v) is 22.7. The number of amides is 3. The van der Waals surface area contributed by atoms with Crippen molar-refractivity contribution in [3.63, 3.8) is 0 Å². The van der Waals surface area contributed by atoms with Gasteiger partial charge in [0.15, 0.2) is 0 Å². The van der Waals surface area contributed by atoms with Crippen molar-refractivity contribution in [3.05, 3.63) is 77.9 Å². The van der Waals surface area contributed by atoms with Gasteiger partial charge in [-0.3, -0.25) is 14.4 Å². The number of hydrogen-bond donors (Lipinski definition) is 1. The number of carbonyl (C=O) groups is 3. The lowest BCUT2D eigenvalue weighted by Gasteiger charge is -2.35. The zero-order chi connectivity index (χ0) is 28.0. The number of halogens is 1. The molecule has 10 heteroatoms. The van der Waals surface area contributed by atoms with Crippen LogP contribution >= 0.6 is 11.6 Å². The van der Waals surface area contributed by atoms with Gasteiger partial charge in [-0.05, 0) is 55.5 Å². The summed E-state index contributed by atoms with van der Waals surface area (Å²) in [5.74, 6) is -2.04. The molecule has 1 N–H and O–H groups in total. The first-order chi connectivity index (χ1) is 19.4. The fourth-order valence-corrected chi connectivity index (χ4v) is 6.58. The van der Waals surface area contributed by atoms with Crippen molar-refractivity contribution in [1.29, 1.82) is 0 Å². The zero-order valence-electron chi connectivity index (χ0n) is 22.0. The standard InChI is InChI=1S/C30H30ClN3O6/c1-2-39-22-12-10-21(11-13-22)32-15-3-5-23-24(27(32)36)25-28(37)34(17-18-35)26-29(38)33(16-4-14-30(25,26)40-23)20-8-6-19(31)7-9-20/h3-14,23-26,35H,2,15-18H2,1H3/t23-,24+,25+,26?,30+/m1/s1. The molecule has 1 unspecified atom stereocenters. The van der Waals surface area contributed by atoms with Crippen LogP contribution in [0.1, 0.15) is 6.92 Å². The van der Waals surface area contributed by atoms with Gasteiger partial charge in [-0.15, -0.1) is 0 Å². The maximum Gasteiger partial charge on any atom is 0.253 e. The molecule has 0 bridgehead atoms. The van der Waals surface area contributed by atoms with Gasteiger partial charge in [0.25, 0.3) is 5.91 Å². The van der Waals surface area contributed by atoms with Gasteiger partial charge in [0.2, 0.25) is 11.8 Å². The second-order valence-corrected chi connectivity index (χ2v) is 10.7. The van der Waals surface area contributed by atoms with Crippen LogP contribution in [0.2, 0.25) is 5.02 Å². The molecule has 6 rings (SSSR count). The highest BCUT2D eigenvalue weighted by atomic mass is 35.5. The molecule has 2 fully saturated rings. The fraction of sp³-hybridized carbons (Fsp3) is 0.367. The predicted molar refractivity (Wildman–Crippen MR) is 149 cm³/mol. The second kappa shape index (κ2) is 10.4. The van der Waals surface area contributed by atoms with Crippen molar-refractivity contribution in [2.24, 2.45) is 11.8 Å². The number of fused-ring (bicyclic) bond motifs is 2. The lowest BCUT2D eigenvalue weighted by atomic mass is 9.77. The van der Waals surface area contributed by atoms with Crippen LogP contribution in [0.3, 0.4) is 0 Å². The highest BCUT2D eigenvalue weighted by molar-refractivity contribution is 6.30. The summed E-state index contributed by atoms with van der Waals surface area (Å²) >= 11 is 6.07. The number of aliphatic hydroxyl groups excluding tert-OH is 1. The number of aliphatic hydroxyl groups is 1. The average Bonchev–Trinajstić information content (AvgIpc) is 3.25. The molecule has 2 saturated heterocycles. The van der Waals surface area contributed by atoms with E-state index in [1.54, 1.807) is 40.1 Å². The highest BCUT2D eigenvalue weighted by Crippen LogP contribution is 2.53. The molecule has 208 valence electrons. The van der Waals surface area contributed by atoms with Gasteiger partial charge in [0, 0.05) is 36.0 Å². The lowest BCUT2D eigenvalue weighted by molar-refractivity contribution is -0.141. The third-order valence-corrected chi connectivity index (χ3v) is 8.35. The number of β-amino-alcohol motifs (C(OH)–C–C–N with tert-alkyl or cyclic N) is 1. The van der Waals surface area contributed by atoms with Gasteiger partial charge in [-0.25, -0.2) is 0 Å². The van der Waals surface area contributed by atoms with Crippen LogP contribution < -0.4 is 14.5 Å². The summed E-state index contributed by atoms with van der Waals surface area (Å²) in [6, 6.07) is 13.1. The molecular weight excluding hydrogens is 534 g/mol. The van der Waals surface area contributed by atoms with Crippen LogP contribution in [0, 0.1) is 11.8 Å².